The van der Waals surface area contributed by atoms with Crippen molar-refractivity contribution in [2.45, 2.75) is 13.8 Å². The Bertz CT molecular complexity index is 5830. The van der Waals surface area contributed by atoms with Crippen molar-refractivity contribution >= 4 is 193 Å². The van der Waals surface area contributed by atoms with Crippen LogP contribution in [-0.2, 0) is 30.1 Å². The van der Waals surface area contributed by atoms with Crippen LogP contribution in [0.15, 0.2) is 482 Å². The summed E-state index contributed by atoms with van der Waals surface area (Å²) >= 11 is 17.4. The first-order valence-corrected chi connectivity index (χ1v) is 47.0. The Balaban J connectivity index is 0.000000170. The average Bonchev–Trinajstić information content (AvgIpc) is 1.62. The van der Waals surface area contributed by atoms with Crippen LogP contribution in [0.2, 0.25) is 15.2 Å². The summed E-state index contributed by atoms with van der Waals surface area (Å²) in [5, 5.41) is 49.6. The summed E-state index contributed by atoms with van der Waals surface area (Å²) in [5.41, 5.74) is 7.14. The molecule has 0 bridgehead atoms. The van der Waals surface area contributed by atoms with Crippen molar-refractivity contribution < 1.29 is 115 Å². The van der Waals surface area contributed by atoms with Crippen LogP contribution in [0.3, 0.4) is 0 Å². The Kier molecular flexibility index (Phi) is 42.4. The van der Waals surface area contributed by atoms with Gasteiger partial charge in [-0.25, -0.2) is 4.98 Å². The zero-order valence-electron chi connectivity index (χ0n) is 72.3. The Hall–Kier alpha value is -9.91. The van der Waals surface area contributed by atoms with Gasteiger partial charge in [0.2, 0.25) is 0 Å². The van der Waals surface area contributed by atoms with E-state index in [-0.39, 0.29) is 87.4 Å². The number of pyridine rings is 2. The Morgan fingerprint density at radius 1 is 0.318 bits per heavy atom. The molecule has 0 aliphatic rings. The second-order valence-electron chi connectivity index (χ2n) is 28.1. The molecule has 0 aliphatic carbocycles. The van der Waals surface area contributed by atoms with Gasteiger partial charge < -0.3 is 30.5 Å². The summed E-state index contributed by atoms with van der Waals surface area (Å²) in [6, 6.07) is 160. The molecular weight excluding hydrogens is 1840 g/mol. The minimum atomic E-state index is -1.51. The van der Waals surface area contributed by atoms with Gasteiger partial charge in [0.15, 0.2) is 0 Å². The monoisotopic (exact) mass is 1930 g/mol. The number of carbonyl (C=O) groups excluding carboxylic acids is 1. The fourth-order valence-electron chi connectivity index (χ4n) is 13.8. The number of rotatable bonds is 15. The van der Waals surface area contributed by atoms with Crippen LogP contribution < -0.4 is 133 Å². The van der Waals surface area contributed by atoms with Gasteiger partial charge in [-0.05, 0) is 151 Å². The number of carbonyl (C=O) groups is 1. The van der Waals surface area contributed by atoms with Gasteiger partial charge in [-0.3, -0.25) is 9.78 Å². The minimum Gasteiger partial charge on any atom is -1.00 e. The van der Waals surface area contributed by atoms with Gasteiger partial charge in [-0.15, -0.1) is 0 Å². The van der Waals surface area contributed by atoms with E-state index in [9.17, 15) is 10.0 Å². The van der Waals surface area contributed by atoms with Gasteiger partial charge in [-0.1, -0.05) is 466 Å². The molecule has 0 fully saturated rings. The molecule has 0 atom stereocenters. The fraction of sp³-hybridized carbons (Fsp3) is 0.0183. The molecule has 632 valence electrons. The number of hydrogen-bond donors (Lipinski definition) is 2. The summed E-state index contributed by atoms with van der Waals surface area (Å²) in [6.07, 6.45) is 3.43. The number of aryl methyl sites for hydroxylation is 2. The van der Waals surface area contributed by atoms with E-state index in [0.717, 1.165) is 60.7 Å². The maximum Gasteiger partial charge on any atom is 1.00 e. The van der Waals surface area contributed by atoms with Crippen molar-refractivity contribution in [2.75, 3.05) is 0 Å². The first kappa shape index (κ1) is 101. The van der Waals surface area contributed by atoms with Crippen LogP contribution in [0.1, 0.15) is 12.6 Å². The van der Waals surface area contributed by atoms with Gasteiger partial charge in [0.1, 0.15) is 27.5 Å². The van der Waals surface area contributed by atoms with E-state index in [1.165, 1.54) is 63.7 Å². The molecule has 0 aliphatic heterocycles. The van der Waals surface area contributed by atoms with E-state index in [0.29, 0.717) is 26.2 Å². The quantitative estimate of drug-likeness (QED) is 0.0256. The first-order chi connectivity index (χ1) is 61.9. The van der Waals surface area contributed by atoms with E-state index in [4.69, 9.17) is 53.7 Å². The molecule has 0 saturated carbocycles. The largest absolute Gasteiger partial charge is 1.00 e. The summed E-state index contributed by atoms with van der Waals surface area (Å²) < 4.78 is 11.6. The molecule has 2 N–H and O–H groups in total. The van der Waals surface area contributed by atoms with Gasteiger partial charge in [0.05, 0.1) is 5.69 Å². The van der Waals surface area contributed by atoms with E-state index in [1.54, 1.807) is 30.6 Å². The van der Waals surface area contributed by atoms with E-state index < -0.39 is 38.8 Å². The summed E-state index contributed by atoms with van der Waals surface area (Å²) in [4.78, 5) is 19.6. The molecule has 20 rings (SSSR count). The van der Waals surface area contributed by atoms with Crippen molar-refractivity contribution in [2.24, 2.45) is 0 Å². The topological polar surface area (TPSA) is 142 Å². The molecule has 4 heterocycles. The van der Waals surface area contributed by atoms with Crippen LogP contribution in [-0.4, -0.2) is 33.6 Å². The third-order valence-corrected chi connectivity index (χ3v) is 30.4. The summed E-state index contributed by atoms with van der Waals surface area (Å²) in [7, 11) is -3.29. The van der Waals surface area contributed by atoms with Crippen molar-refractivity contribution in [3.8, 4) is 11.3 Å². The molecule has 0 saturated heterocycles. The normalized spacial score (nSPS) is 10.3. The van der Waals surface area contributed by atoms with Crippen molar-refractivity contribution in [3.05, 3.63) is 500 Å². The van der Waals surface area contributed by atoms with E-state index in [2.05, 4.69) is 391 Å². The molecule has 0 amide bonds. The molecule has 9 nitrogen and oxygen atoms in total. The maximum absolute atomic E-state index is 9.24. The van der Waals surface area contributed by atoms with Crippen molar-refractivity contribution in [3.63, 3.8) is 0 Å². The van der Waals surface area contributed by atoms with E-state index >= 15 is 0 Å². The second-order valence-corrected chi connectivity index (χ2v) is 38.2. The maximum atomic E-state index is 9.24. The molecule has 16 aromatic carbocycles. The Morgan fingerprint density at radius 2 is 0.543 bits per heavy atom. The smallest absolute Gasteiger partial charge is 1.00 e. The van der Waals surface area contributed by atoms with Crippen LogP contribution in [0, 0.1) is 13.8 Å². The number of benzene rings is 16. The Morgan fingerprint density at radius 3 is 0.791 bits per heavy atom. The van der Waals surface area contributed by atoms with Crippen LogP contribution >= 0.6 is 66.5 Å². The van der Waals surface area contributed by atoms with Gasteiger partial charge in [0.25, 0.3) is 6.47 Å². The number of aromatic nitrogens is 2. The van der Waals surface area contributed by atoms with Crippen molar-refractivity contribution in [1.29, 1.82) is 0 Å². The van der Waals surface area contributed by atoms with Crippen LogP contribution in [0.5, 0.6) is 0 Å². The molecule has 0 spiro atoms. The fourth-order valence-corrected chi connectivity index (χ4v) is 23.5. The predicted octanol–water partition coefficient (Wildman–Crippen LogP) is 15.9. The zero-order chi connectivity index (χ0) is 87.4. The average molecular weight is 1930 g/mol. The SMILES string of the molecule is Cc1cnc(-c2cccc3c2oc2ccccc23)cc1Cl.Cc1cnc(Cl)cc1Cl.O=CO[O-].OB(O)c1cccc2c1oc1ccccc12.[H-].[Na+].[Na+].[Pd].c1ccc(P(c2ccccc2)c2ccccc2)cc1.c1ccc(P(c2ccccc2)c2ccccc2)cc1.c1ccc(P(c2ccccc2)c2ccccc2)cc1.c1ccc(P(c2ccccc2)c2ccccc2)cc1. The third-order valence-electron chi connectivity index (χ3n) is 19.6. The standard InChI is InChI=1S/C18H12ClNO.4C18H15P.C12H9BO3.C6H5Cl2N.CH2O3.2Na.Pd.H/c1-11-10-20-16(9-15(11)19)14-7-4-6-13-12-5-2-3-8-17(12)21-18(13)14;4*1-4-10-16(11-5-1)19(17-12-6-2-7-13-17)18-14-8-3-9-15-18;14-13(15)10-6-3-5-9-8-4-1-2-7-11(8)16-12(9)10;1-4-3-9-6(8)2-5(4)7;2-1-4-3;;;;/h2-10H,1H3;4*1-15H;1-7,14-15H;2-3H,1H3;1,3H;;;;/q;;;;;;;;2*+1;;-1/p-1. The summed E-state index contributed by atoms with van der Waals surface area (Å²) in [5.74, 6) is 0. The predicted molar refractivity (Wildman–Crippen MR) is 538 cm³/mol. The minimum absolute atomic E-state index is 0. The van der Waals surface area contributed by atoms with E-state index in [1.807, 2.05) is 80.6 Å². The van der Waals surface area contributed by atoms with Crippen molar-refractivity contribution in [1.82, 2.24) is 9.97 Å². The van der Waals surface area contributed by atoms with Gasteiger partial charge in [-0.2, -0.15) is 0 Å². The summed E-state index contributed by atoms with van der Waals surface area (Å²) in [6.45, 7) is 3.65. The number of nitrogens with zero attached hydrogens (tertiary/aromatic N) is 2. The number of fused-ring (bicyclic) bond motifs is 6. The molecule has 20 heteroatoms. The second kappa shape index (κ2) is 54.0. The first-order valence-electron chi connectivity index (χ1n) is 40.5. The molecule has 20 aromatic rings. The third kappa shape index (κ3) is 28.8. The number of halogens is 3. The van der Waals surface area contributed by atoms with Crippen LogP contribution in [0.25, 0.3) is 55.1 Å². The number of hydrogen-bond acceptors (Lipinski definition) is 9. The molecule has 129 heavy (non-hydrogen) atoms. The van der Waals surface area contributed by atoms with Gasteiger partial charge >= 0.3 is 66.2 Å². The Labute approximate surface area is 834 Å². The number of para-hydroxylation sites is 4. The van der Waals surface area contributed by atoms with Gasteiger partial charge in [0, 0.05) is 75.4 Å². The molecule has 0 unspecified atom stereocenters. The molecule has 4 aromatic heterocycles. The molecule has 0 radical (unpaired) electrons. The number of furan rings is 2. The molecular formula is C109H88BCl3N2Na2O7P4Pd. The zero-order valence-corrected chi connectivity index (χ0v) is 82.7. The van der Waals surface area contributed by atoms with Crippen LogP contribution in [0.4, 0.5) is 0 Å².